The highest BCUT2D eigenvalue weighted by molar-refractivity contribution is 5.93. The van der Waals surface area contributed by atoms with Crippen molar-refractivity contribution in [1.82, 2.24) is 4.98 Å². The van der Waals surface area contributed by atoms with Gasteiger partial charge in [-0.2, -0.15) is 0 Å². The van der Waals surface area contributed by atoms with E-state index < -0.39 is 0 Å². The van der Waals surface area contributed by atoms with Crippen molar-refractivity contribution in [2.24, 2.45) is 0 Å². The predicted octanol–water partition coefficient (Wildman–Crippen LogP) is 5.84. The van der Waals surface area contributed by atoms with Crippen LogP contribution >= 0.6 is 0 Å². The van der Waals surface area contributed by atoms with Crippen molar-refractivity contribution in [2.45, 2.75) is 18.9 Å². The molecule has 0 N–H and O–H groups in total. The summed E-state index contributed by atoms with van der Waals surface area (Å²) in [5.74, 6) is 0.711. The third-order valence-electron chi connectivity index (χ3n) is 5.19. The van der Waals surface area contributed by atoms with Gasteiger partial charge in [-0.1, -0.05) is 97.1 Å². The quantitative estimate of drug-likeness (QED) is 0.396. The van der Waals surface area contributed by atoms with Crippen LogP contribution in [0.1, 0.15) is 29.0 Å². The molecule has 0 aliphatic heterocycles. The van der Waals surface area contributed by atoms with Gasteiger partial charge in [-0.3, -0.25) is 9.69 Å². The van der Waals surface area contributed by atoms with Gasteiger partial charge in [0.25, 0.3) is 0 Å². The molecule has 30 heavy (non-hydrogen) atoms. The second-order valence-corrected chi connectivity index (χ2v) is 7.23. The molecule has 0 unspecified atom stereocenters. The Morgan fingerprint density at radius 2 is 1.23 bits per heavy atom. The van der Waals surface area contributed by atoms with Crippen LogP contribution in [0.3, 0.4) is 0 Å². The van der Waals surface area contributed by atoms with Crippen LogP contribution < -0.4 is 4.90 Å². The zero-order valence-corrected chi connectivity index (χ0v) is 16.8. The highest BCUT2D eigenvalue weighted by Gasteiger charge is 2.24. The standard InChI is InChI=1S/C27H24N2O/c30-27(20-25(23-14-6-2-7-15-23)24-16-8-3-9-17-24)29(26-18-10-11-19-28-26)21-22-12-4-1-5-13-22/h1-19,25H,20-21H2. The summed E-state index contributed by atoms with van der Waals surface area (Å²) in [7, 11) is 0. The molecule has 0 bridgehead atoms. The Hall–Kier alpha value is -3.72. The number of hydrogen-bond donors (Lipinski definition) is 0. The number of amides is 1. The van der Waals surface area contributed by atoms with Crippen molar-refractivity contribution in [1.29, 1.82) is 0 Å². The minimum absolute atomic E-state index is 0.0121. The van der Waals surface area contributed by atoms with Crippen LogP contribution in [0.5, 0.6) is 0 Å². The lowest BCUT2D eigenvalue weighted by Gasteiger charge is -2.25. The molecule has 0 spiro atoms. The van der Waals surface area contributed by atoms with E-state index in [1.807, 2.05) is 84.9 Å². The number of hydrogen-bond acceptors (Lipinski definition) is 2. The molecule has 4 aromatic rings. The molecular weight excluding hydrogens is 368 g/mol. The van der Waals surface area contributed by atoms with Gasteiger partial charge < -0.3 is 0 Å². The van der Waals surface area contributed by atoms with Crippen molar-refractivity contribution >= 4 is 11.7 Å². The molecule has 148 valence electrons. The van der Waals surface area contributed by atoms with Crippen LogP contribution in [0, 0.1) is 0 Å². The maximum Gasteiger partial charge on any atom is 0.229 e. The Morgan fingerprint density at radius 1 is 0.700 bits per heavy atom. The van der Waals surface area contributed by atoms with Gasteiger partial charge in [0.2, 0.25) is 5.91 Å². The molecule has 1 heterocycles. The van der Waals surface area contributed by atoms with Gasteiger partial charge >= 0.3 is 0 Å². The Morgan fingerprint density at radius 3 is 1.77 bits per heavy atom. The summed E-state index contributed by atoms with van der Waals surface area (Å²) < 4.78 is 0. The monoisotopic (exact) mass is 392 g/mol. The first-order chi connectivity index (χ1) is 14.8. The Balaban J connectivity index is 1.65. The molecule has 0 aliphatic rings. The largest absolute Gasteiger partial charge is 0.292 e. The number of anilines is 1. The van der Waals surface area contributed by atoms with E-state index in [2.05, 4.69) is 29.2 Å². The third kappa shape index (κ3) is 4.81. The third-order valence-corrected chi connectivity index (χ3v) is 5.19. The number of pyridine rings is 1. The van der Waals surface area contributed by atoms with Crippen LogP contribution in [0.15, 0.2) is 115 Å². The van der Waals surface area contributed by atoms with Gasteiger partial charge in [-0.15, -0.1) is 0 Å². The maximum atomic E-state index is 13.6. The van der Waals surface area contributed by atoms with Crippen LogP contribution in [0.2, 0.25) is 0 Å². The number of nitrogens with zero attached hydrogens (tertiary/aromatic N) is 2. The summed E-state index contributed by atoms with van der Waals surface area (Å²) >= 11 is 0. The van der Waals surface area contributed by atoms with E-state index in [4.69, 9.17) is 0 Å². The molecule has 3 nitrogen and oxygen atoms in total. The molecule has 0 saturated heterocycles. The maximum absolute atomic E-state index is 13.6. The van der Waals surface area contributed by atoms with Crippen molar-refractivity contribution in [2.75, 3.05) is 4.90 Å². The molecule has 0 atom stereocenters. The average Bonchev–Trinajstić information content (AvgIpc) is 2.83. The van der Waals surface area contributed by atoms with E-state index in [-0.39, 0.29) is 11.8 Å². The lowest BCUT2D eigenvalue weighted by Crippen LogP contribution is -2.32. The lowest BCUT2D eigenvalue weighted by molar-refractivity contribution is -0.119. The Labute approximate surface area is 177 Å². The van der Waals surface area contributed by atoms with E-state index in [1.54, 1.807) is 11.1 Å². The van der Waals surface area contributed by atoms with Crippen molar-refractivity contribution in [3.05, 3.63) is 132 Å². The van der Waals surface area contributed by atoms with Gasteiger partial charge in [0.05, 0.1) is 6.54 Å². The number of rotatable bonds is 7. The minimum Gasteiger partial charge on any atom is -0.292 e. The van der Waals surface area contributed by atoms with Crippen molar-refractivity contribution in [3.63, 3.8) is 0 Å². The van der Waals surface area contributed by atoms with Gasteiger partial charge in [-0.05, 0) is 28.8 Å². The second-order valence-electron chi connectivity index (χ2n) is 7.23. The van der Waals surface area contributed by atoms with E-state index in [1.165, 1.54) is 0 Å². The first-order valence-electron chi connectivity index (χ1n) is 10.2. The normalized spacial score (nSPS) is 10.7. The SMILES string of the molecule is O=C(CC(c1ccccc1)c1ccccc1)N(Cc1ccccc1)c1ccccn1. The van der Waals surface area contributed by atoms with Crippen LogP contribution in [-0.4, -0.2) is 10.9 Å². The topological polar surface area (TPSA) is 33.2 Å². The van der Waals surface area contributed by atoms with Gasteiger partial charge in [-0.25, -0.2) is 4.98 Å². The van der Waals surface area contributed by atoms with Crippen molar-refractivity contribution < 1.29 is 4.79 Å². The Bertz CT molecular complexity index is 1010. The van der Waals surface area contributed by atoms with E-state index >= 15 is 0 Å². The molecule has 3 aromatic carbocycles. The zero-order chi connectivity index (χ0) is 20.6. The van der Waals surface area contributed by atoms with Gasteiger partial charge in [0, 0.05) is 18.5 Å². The van der Waals surface area contributed by atoms with Crippen molar-refractivity contribution in [3.8, 4) is 0 Å². The molecule has 1 aromatic heterocycles. The molecule has 0 radical (unpaired) electrons. The summed E-state index contributed by atoms with van der Waals surface area (Å²) in [4.78, 5) is 19.8. The molecule has 1 amide bonds. The predicted molar refractivity (Wildman–Crippen MR) is 121 cm³/mol. The highest BCUT2D eigenvalue weighted by atomic mass is 16.2. The summed E-state index contributed by atoms with van der Waals surface area (Å²) in [5, 5.41) is 0. The molecule has 3 heteroatoms. The average molecular weight is 393 g/mol. The number of carbonyl (C=O) groups is 1. The smallest absolute Gasteiger partial charge is 0.229 e. The zero-order valence-electron chi connectivity index (χ0n) is 16.8. The summed E-state index contributed by atoms with van der Waals surface area (Å²) in [5.41, 5.74) is 3.35. The fourth-order valence-corrected chi connectivity index (χ4v) is 3.66. The van der Waals surface area contributed by atoms with Gasteiger partial charge in [0.1, 0.15) is 5.82 Å². The van der Waals surface area contributed by atoms with E-state index in [0.29, 0.717) is 18.8 Å². The number of benzene rings is 3. The van der Waals surface area contributed by atoms with Gasteiger partial charge in [0.15, 0.2) is 0 Å². The summed E-state index contributed by atoms with van der Waals surface area (Å²) in [6.07, 6.45) is 2.10. The fraction of sp³-hybridized carbons (Fsp3) is 0.111. The second kappa shape index (κ2) is 9.66. The van der Waals surface area contributed by atoms with E-state index in [0.717, 1.165) is 16.7 Å². The van der Waals surface area contributed by atoms with Crippen LogP contribution in [0.25, 0.3) is 0 Å². The first kappa shape index (κ1) is 19.6. The molecule has 0 aliphatic carbocycles. The van der Waals surface area contributed by atoms with Crippen LogP contribution in [0.4, 0.5) is 5.82 Å². The lowest BCUT2D eigenvalue weighted by atomic mass is 9.88. The number of carbonyl (C=O) groups excluding carboxylic acids is 1. The first-order valence-corrected chi connectivity index (χ1v) is 10.2. The Kier molecular flexibility index (Phi) is 6.31. The molecule has 0 fully saturated rings. The molecular formula is C27H24N2O. The van der Waals surface area contributed by atoms with E-state index in [9.17, 15) is 4.79 Å². The minimum atomic E-state index is -0.0121. The fourth-order valence-electron chi connectivity index (χ4n) is 3.66. The highest BCUT2D eigenvalue weighted by Crippen LogP contribution is 2.29. The summed E-state index contributed by atoms with van der Waals surface area (Å²) in [6, 6.07) is 36.2. The van der Waals surface area contributed by atoms with Crippen LogP contribution in [-0.2, 0) is 11.3 Å². The summed E-state index contributed by atoms with van der Waals surface area (Å²) in [6.45, 7) is 0.493. The molecule has 0 saturated carbocycles. The molecule has 4 rings (SSSR count). The number of aromatic nitrogens is 1.